The molecular weight excluding hydrogens is 438 g/mol. The van der Waals surface area contributed by atoms with Crippen LogP contribution >= 0.6 is 22.9 Å². The minimum absolute atomic E-state index is 0.129. The van der Waals surface area contributed by atoms with Crippen molar-refractivity contribution in [3.8, 4) is 5.69 Å². The summed E-state index contributed by atoms with van der Waals surface area (Å²) in [7, 11) is 0.800. The zero-order valence-electron chi connectivity index (χ0n) is 14.4. The Bertz CT molecular complexity index is 1220. The number of nitrogens with zero attached hydrogens (tertiary/aromatic N) is 2. The number of aromatic nitrogens is 2. The van der Waals surface area contributed by atoms with Crippen molar-refractivity contribution in [1.82, 2.24) is 9.13 Å². The zero-order chi connectivity index (χ0) is 21.5. The maximum absolute atomic E-state index is 14.4. The van der Waals surface area contributed by atoms with Crippen LogP contribution in [0.3, 0.4) is 0 Å². The highest BCUT2D eigenvalue weighted by molar-refractivity contribution is 7.12. The molecule has 0 aliphatic rings. The second-order valence-electron chi connectivity index (χ2n) is 5.76. The van der Waals surface area contributed by atoms with E-state index in [-0.39, 0.29) is 25.9 Å². The van der Waals surface area contributed by atoms with Crippen molar-refractivity contribution in [3.05, 3.63) is 78.0 Å². The van der Waals surface area contributed by atoms with Crippen molar-refractivity contribution < 1.29 is 22.4 Å². The fourth-order valence-corrected chi connectivity index (χ4v) is 3.33. The third kappa shape index (κ3) is 3.96. The third-order valence-electron chi connectivity index (χ3n) is 3.88. The first-order chi connectivity index (χ1) is 13.5. The summed E-state index contributed by atoms with van der Waals surface area (Å²) in [6.45, 7) is 0. The molecule has 2 aromatic heterocycles. The molecule has 0 aliphatic carbocycles. The summed E-state index contributed by atoms with van der Waals surface area (Å²) in [5.74, 6) is -1.71. The van der Waals surface area contributed by atoms with Crippen LogP contribution in [0.1, 0.15) is 15.4 Å². The Balaban J connectivity index is 2.15. The first kappa shape index (κ1) is 20.8. The molecule has 0 saturated heterocycles. The van der Waals surface area contributed by atoms with Crippen molar-refractivity contribution in [2.24, 2.45) is 7.05 Å². The second kappa shape index (κ2) is 7.48. The number of hydrogen-bond donors (Lipinski definition) is 1. The lowest BCUT2D eigenvalue weighted by atomic mass is 10.2. The van der Waals surface area contributed by atoms with Crippen LogP contribution in [0.15, 0.2) is 45.3 Å². The van der Waals surface area contributed by atoms with Crippen LogP contribution in [-0.2, 0) is 13.2 Å². The van der Waals surface area contributed by atoms with Crippen LogP contribution in [-0.4, -0.2) is 15.0 Å². The van der Waals surface area contributed by atoms with Gasteiger partial charge in [0, 0.05) is 13.1 Å². The van der Waals surface area contributed by atoms with E-state index in [1.807, 2.05) is 0 Å². The molecule has 0 aliphatic heterocycles. The average molecular weight is 448 g/mol. The quantitative estimate of drug-likeness (QED) is 0.623. The molecule has 0 radical (unpaired) electrons. The molecule has 6 nitrogen and oxygen atoms in total. The number of halogens is 5. The van der Waals surface area contributed by atoms with Gasteiger partial charge in [0.2, 0.25) is 0 Å². The number of amides is 1. The van der Waals surface area contributed by atoms with Crippen LogP contribution in [0.4, 0.5) is 23.2 Å². The molecule has 1 amide bonds. The van der Waals surface area contributed by atoms with E-state index in [0.29, 0.717) is 4.88 Å². The minimum Gasteiger partial charge on any atom is -0.320 e. The molecule has 2 heterocycles. The van der Waals surface area contributed by atoms with Gasteiger partial charge in [-0.25, -0.2) is 13.8 Å². The van der Waals surface area contributed by atoms with E-state index in [2.05, 4.69) is 5.32 Å². The molecule has 0 unspecified atom stereocenters. The van der Waals surface area contributed by atoms with E-state index < -0.39 is 40.5 Å². The Morgan fingerprint density at radius 3 is 2.48 bits per heavy atom. The summed E-state index contributed by atoms with van der Waals surface area (Å²) in [6.07, 6.45) is -4.95. The largest absolute Gasteiger partial charge is 0.431 e. The average Bonchev–Trinajstić information content (AvgIpc) is 3.15. The molecule has 0 atom stereocenters. The monoisotopic (exact) mass is 447 g/mol. The Hall–Kier alpha value is -2.92. The van der Waals surface area contributed by atoms with Crippen molar-refractivity contribution in [1.29, 1.82) is 0 Å². The van der Waals surface area contributed by atoms with E-state index in [1.54, 1.807) is 11.4 Å². The third-order valence-corrected chi connectivity index (χ3v) is 5.06. The van der Waals surface area contributed by atoms with Gasteiger partial charge in [-0.1, -0.05) is 17.7 Å². The summed E-state index contributed by atoms with van der Waals surface area (Å²) < 4.78 is 53.7. The van der Waals surface area contributed by atoms with Crippen molar-refractivity contribution >= 4 is 34.5 Å². The number of anilines is 1. The van der Waals surface area contributed by atoms with Crippen LogP contribution in [0, 0.1) is 5.82 Å². The molecule has 152 valence electrons. The molecule has 29 heavy (non-hydrogen) atoms. The van der Waals surface area contributed by atoms with Gasteiger partial charge < -0.3 is 5.32 Å². The van der Waals surface area contributed by atoms with Crippen molar-refractivity contribution in [2.75, 3.05) is 5.32 Å². The van der Waals surface area contributed by atoms with Gasteiger partial charge in [-0.15, -0.1) is 11.3 Å². The van der Waals surface area contributed by atoms with Gasteiger partial charge in [0.15, 0.2) is 0 Å². The van der Waals surface area contributed by atoms with Gasteiger partial charge in [0.1, 0.15) is 11.5 Å². The number of alkyl halides is 3. The smallest absolute Gasteiger partial charge is 0.320 e. The van der Waals surface area contributed by atoms with Gasteiger partial charge in [-0.3, -0.25) is 14.2 Å². The summed E-state index contributed by atoms with van der Waals surface area (Å²) >= 11 is 7.05. The fourth-order valence-electron chi connectivity index (χ4n) is 2.52. The van der Waals surface area contributed by atoms with Gasteiger partial charge >= 0.3 is 11.9 Å². The fraction of sp³-hybridized carbons (Fsp3) is 0.118. The van der Waals surface area contributed by atoms with Gasteiger partial charge in [0.05, 0.1) is 21.3 Å². The van der Waals surface area contributed by atoms with Crippen molar-refractivity contribution in [3.63, 3.8) is 0 Å². The second-order valence-corrected chi connectivity index (χ2v) is 7.11. The highest BCUT2D eigenvalue weighted by atomic mass is 35.5. The SMILES string of the molecule is Cn1c(C(F)(F)F)cc(=O)n(-c2cc(NC(=O)c3cccs3)c(Cl)cc2F)c1=O. The zero-order valence-corrected chi connectivity index (χ0v) is 16.0. The predicted octanol–water partition coefficient (Wildman–Crippen LogP) is 3.66. The lowest BCUT2D eigenvalue weighted by Crippen LogP contribution is -2.41. The van der Waals surface area contributed by atoms with E-state index in [4.69, 9.17) is 11.6 Å². The first-order valence-electron chi connectivity index (χ1n) is 7.75. The molecule has 0 saturated carbocycles. The van der Waals surface area contributed by atoms with Gasteiger partial charge in [-0.05, 0) is 23.6 Å². The van der Waals surface area contributed by atoms with E-state index >= 15 is 0 Å². The molecule has 0 fully saturated rings. The number of nitrogens with one attached hydrogen (secondary N) is 1. The molecule has 0 spiro atoms. The van der Waals surface area contributed by atoms with E-state index in [9.17, 15) is 31.9 Å². The normalized spacial score (nSPS) is 11.5. The topological polar surface area (TPSA) is 73.1 Å². The van der Waals surface area contributed by atoms with Crippen LogP contribution in [0.2, 0.25) is 5.02 Å². The molecule has 1 N–H and O–H groups in total. The molecule has 12 heteroatoms. The molecule has 0 bridgehead atoms. The lowest BCUT2D eigenvalue weighted by Gasteiger charge is -2.15. The summed E-state index contributed by atoms with van der Waals surface area (Å²) in [5.41, 5.74) is -5.08. The summed E-state index contributed by atoms with van der Waals surface area (Å²) in [4.78, 5) is 37.0. The van der Waals surface area contributed by atoms with Crippen molar-refractivity contribution in [2.45, 2.75) is 6.18 Å². The summed E-state index contributed by atoms with van der Waals surface area (Å²) in [5, 5.41) is 3.83. The number of carbonyl (C=O) groups excluding carboxylic acids is 1. The molecule has 3 rings (SSSR count). The summed E-state index contributed by atoms with van der Waals surface area (Å²) in [6, 6.07) is 4.97. The Morgan fingerprint density at radius 2 is 1.90 bits per heavy atom. The number of hydrogen-bond acceptors (Lipinski definition) is 4. The molecular formula is C17H10ClF4N3O3S. The lowest BCUT2D eigenvalue weighted by molar-refractivity contribution is -0.144. The van der Waals surface area contributed by atoms with Crippen LogP contribution in [0.5, 0.6) is 0 Å². The predicted molar refractivity (Wildman–Crippen MR) is 99.5 cm³/mol. The van der Waals surface area contributed by atoms with E-state index in [1.165, 1.54) is 6.07 Å². The first-order valence-corrected chi connectivity index (χ1v) is 9.01. The number of benzene rings is 1. The Labute approximate surface area is 168 Å². The van der Waals surface area contributed by atoms with Crippen LogP contribution < -0.4 is 16.6 Å². The number of thiophene rings is 1. The molecule has 3 aromatic rings. The van der Waals surface area contributed by atoms with Gasteiger partial charge in [0.25, 0.3) is 11.5 Å². The standard InChI is InChI=1S/C17H10ClF4N3O3S/c1-24-13(17(20,21)22)7-14(26)25(16(24)28)11-6-10(8(18)5-9(11)19)23-15(27)12-3-2-4-29-12/h2-7H,1H3,(H,23,27). The van der Waals surface area contributed by atoms with Gasteiger partial charge in [-0.2, -0.15) is 13.2 Å². The maximum atomic E-state index is 14.4. The maximum Gasteiger partial charge on any atom is 0.431 e. The van der Waals surface area contributed by atoms with Crippen LogP contribution in [0.25, 0.3) is 5.69 Å². The number of carbonyl (C=O) groups is 1. The molecule has 1 aromatic carbocycles. The Morgan fingerprint density at radius 1 is 1.21 bits per heavy atom. The highest BCUT2D eigenvalue weighted by Gasteiger charge is 2.35. The minimum atomic E-state index is -4.95. The number of rotatable bonds is 3. The Kier molecular flexibility index (Phi) is 5.37. The van der Waals surface area contributed by atoms with E-state index in [0.717, 1.165) is 30.5 Å². The highest BCUT2D eigenvalue weighted by Crippen LogP contribution is 2.29.